The highest BCUT2D eigenvalue weighted by Crippen LogP contribution is 2.60. The first kappa shape index (κ1) is 59.5. The minimum Gasteiger partial charge on any atom is -0.508 e. The van der Waals surface area contributed by atoms with E-state index in [1.807, 2.05) is 54.7 Å². The Kier molecular flexibility index (Phi) is 16.4. The van der Waals surface area contributed by atoms with Crippen LogP contribution < -0.4 is 19.7 Å². The largest absolute Gasteiger partial charge is 0.508 e. The molecule has 13 rings (SSSR count). The van der Waals surface area contributed by atoms with Crippen LogP contribution in [-0.4, -0.2) is 73.8 Å². The summed E-state index contributed by atoms with van der Waals surface area (Å²) in [5, 5.41) is 52.0. The lowest BCUT2D eigenvalue weighted by molar-refractivity contribution is -0.148. The molecule has 4 heterocycles. The number of rotatable bonds is 12. The number of aryl methyl sites for hydroxylation is 1. The van der Waals surface area contributed by atoms with E-state index in [1.165, 1.54) is 25.7 Å². The van der Waals surface area contributed by atoms with E-state index in [9.17, 15) is 30.0 Å². The maximum atomic E-state index is 15.6. The minimum absolute atomic E-state index is 0.00185. The van der Waals surface area contributed by atoms with Crippen molar-refractivity contribution in [3.63, 3.8) is 0 Å². The molecule has 90 heavy (non-hydrogen) atoms. The number of hydrogen-bond acceptors (Lipinski definition) is 12. The van der Waals surface area contributed by atoms with Crippen molar-refractivity contribution in [1.82, 2.24) is 14.9 Å². The Morgan fingerprint density at radius 1 is 0.878 bits per heavy atom. The summed E-state index contributed by atoms with van der Waals surface area (Å²) in [6.07, 6.45) is 24.0. The Morgan fingerprint density at radius 2 is 1.72 bits per heavy atom. The van der Waals surface area contributed by atoms with Gasteiger partial charge in [0.1, 0.15) is 40.7 Å². The van der Waals surface area contributed by atoms with Gasteiger partial charge >= 0.3 is 5.97 Å². The number of phenols is 3. The fourth-order valence-corrected chi connectivity index (χ4v) is 15.7. The molecular weight excluding hydrogens is 1130 g/mol. The Labute approximate surface area is 524 Å². The molecule has 0 amide bonds. The van der Waals surface area contributed by atoms with Crippen molar-refractivity contribution in [2.75, 3.05) is 25.1 Å². The number of aromatic amines is 1. The Morgan fingerprint density at radius 3 is 2.52 bits per heavy atom. The maximum absolute atomic E-state index is 15.6. The number of methoxy groups -OCH3 is 1. The molecule has 0 saturated carbocycles. The average Bonchev–Trinajstić information content (AvgIpc) is 1.43. The molecular formula is C76H76N4O10. The van der Waals surface area contributed by atoms with E-state index < -0.39 is 41.5 Å². The topological polar surface area (TPSA) is 196 Å². The Bertz CT molecular complexity index is 4190. The number of benzene rings is 5. The van der Waals surface area contributed by atoms with Crippen molar-refractivity contribution in [3.8, 4) is 46.3 Å². The van der Waals surface area contributed by atoms with Gasteiger partial charge in [0.15, 0.2) is 11.5 Å². The molecule has 14 heteroatoms. The summed E-state index contributed by atoms with van der Waals surface area (Å²) in [6.45, 7) is 5.79. The molecule has 2 aromatic heterocycles. The van der Waals surface area contributed by atoms with Crippen molar-refractivity contribution in [2.24, 2.45) is 11.3 Å². The number of ketones is 2. The Hall–Kier alpha value is -9.45. The smallest absolute Gasteiger partial charge is 0.302 e. The monoisotopic (exact) mass is 1200 g/mol. The number of aromatic hydroxyl groups is 3. The number of nitrogens with zero attached hydrogens (tertiary/aromatic N) is 2. The molecule has 0 unspecified atom stereocenters. The second-order valence-corrected chi connectivity index (χ2v) is 25.0. The highest BCUT2D eigenvalue weighted by atomic mass is 16.5. The zero-order valence-corrected chi connectivity index (χ0v) is 51.2. The maximum Gasteiger partial charge on any atom is 0.302 e. The molecule has 1 spiro atoms. The molecule has 6 N–H and O–H groups in total. The van der Waals surface area contributed by atoms with Crippen LogP contribution in [0.25, 0.3) is 10.8 Å². The molecule has 6 aliphatic rings. The molecule has 6 bridgehead atoms. The first-order valence-electron chi connectivity index (χ1n) is 31.6. The van der Waals surface area contributed by atoms with Crippen LogP contribution in [0.1, 0.15) is 159 Å². The summed E-state index contributed by atoms with van der Waals surface area (Å²) >= 11 is 0. The number of anilines is 1. The van der Waals surface area contributed by atoms with Gasteiger partial charge in [0.05, 0.1) is 30.9 Å². The lowest BCUT2D eigenvalue weighted by Gasteiger charge is -2.50. The van der Waals surface area contributed by atoms with Crippen molar-refractivity contribution in [3.05, 3.63) is 220 Å². The number of Topliss-reactive ketones (excluding diaryl/α,β-unsaturated/α-hetero) is 2. The number of aliphatic hydroxyl groups excluding tert-OH is 1. The number of aromatic nitrogens is 2. The van der Waals surface area contributed by atoms with E-state index >= 15 is 4.79 Å². The van der Waals surface area contributed by atoms with Gasteiger partial charge in [-0.3, -0.25) is 14.4 Å². The van der Waals surface area contributed by atoms with Crippen molar-refractivity contribution in [2.45, 2.75) is 127 Å². The summed E-state index contributed by atoms with van der Waals surface area (Å²) in [4.78, 5) is 47.8. The van der Waals surface area contributed by atoms with Gasteiger partial charge in [-0.15, -0.1) is 0 Å². The number of aliphatic hydroxyl groups is 1. The normalized spacial score (nSPS) is 23.9. The minimum atomic E-state index is -0.806. The number of esters is 1. The summed E-state index contributed by atoms with van der Waals surface area (Å²) in [5.74, 6) is 7.03. The number of hydrogen-bond donors (Lipinski definition) is 6. The third-order valence-corrected chi connectivity index (χ3v) is 19.7. The van der Waals surface area contributed by atoms with Crippen LogP contribution >= 0.6 is 0 Å². The van der Waals surface area contributed by atoms with Crippen LogP contribution in [0.4, 0.5) is 5.69 Å². The van der Waals surface area contributed by atoms with E-state index in [1.54, 1.807) is 31.2 Å². The highest BCUT2D eigenvalue weighted by molar-refractivity contribution is 6.00. The highest BCUT2D eigenvalue weighted by Gasteiger charge is 2.51. The van der Waals surface area contributed by atoms with Gasteiger partial charge in [-0.1, -0.05) is 109 Å². The van der Waals surface area contributed by atoms with Crippen LogP contribution in [0.3, 0.4) is 0 Å². The summed E-state index contributed by atoms with van der Waals surface area (Å²) in [6, 6.07) is 29.1. The quantitative estimate of drug-likeness (QED) is 0.0385. The molecule has 7 aromatic rings. The number of dihydropyridines is 1. The second-order valence-electron chi connectivity index (χ2n) is 25.0. The van der Waals surface area contributed by atoms with E-state index in [-0.39, 0.29) is 83.1 Å². The fraction of sp³-hybridized carbons (Fsp3) is 0.329. The van der Waals surface area contributed by atoms with Gasteiger partial charge in [0.2, 0.25) is 5.75 Å². The molecule has 9 atom stereocenters. The number of carbonyl (C=O) groups excluding carboxylic acids is 3. The van der Waals surface area contributed by atoms with Gasteiger partial charge in [0.25, 0.3) is 0 Å². The van der Waals surface area contributed by atoms with E-state index in [4.69, 9.17) is 14.2 Å². The predicted octanol–water partition coefficient (Wildman–Crippen LogP) is 14.3. The fourth-order valence-electron chi connectivity index (χ4n) is 15.7. The number of fused-ring (bicyclic) bond motifs is 3. The first-order valence-corrected chi connectivity index (χ1v) is 31.6. The molecule has 0 fully saturated rings. The first-order chi connectivity index (χ1) is 43.7. The lowest BCUT2D eigenvalue weighted by Crippen LogP contribution is -2.41. The Balaban J connectivity index is 1.00. The van der Waals surface area contributed by atoms with Crippen molar-refractivity contribution < 1.29 is 49.0 Å². The lowest BCUT2D eigenvalue weighted by atomic mass is 9.53. The molecule has 14 nitrogen and oxygen atoms in total. The SMILES string of the molecule is CC[C@H](c1ccccc1)c1cc(O)cc(Oc2c(O)cc([C@H]3CC(=O)C[C@H](OC(C)=O)CC[C@@]45C6=CC=C[C@@H]4CC=C[C@@H]5c4c[nH]cc4[C@@H](C#CC6)[C@H](c4cccc(O)c4)C4=CCNC(=C4)N(CCC(C)=O)c4ccc5c6c(n3cc46)CC[C@@H]5O)cc2OC)c1. The van der Waals surface area contributed by atoms with Gasteiger partial charge in [-0.2, -0.15) is 0 Å². The molecule has 4 aliphatic carbocycles. The summed E-state index contributed by atoms with van der Waals surface area (Å²) < 4.78 is 21.0. The van der Waals surface area contributed by atoms with Gasteiger partial charge in [-0.05, 0) is 144 Å². The van der Waals surface area contributed by atoms with Gasteiger partial charge in [0, 0.05) is 110 Å². The zero-order chi connectivity index (χ0) is 62.4. The predicted molar refractivity (Wildman–Crippen MR) is 347 cm³/mol. The molecule has 0 saturated heterocycles. The van der Waals surface area contributed by atoms with Crippen molar-refractivity contribution >= 4 is 34.0 Å². The number of nitrogens with one attached hydrogen (secondary N) is 2. The van der Waals surface area contributed by atoms with Crippen LogP contribution in [-0.2, 0) is 25.5 Å². The number of allylic oxidation sites excluding steroid dienone is 8. The van der Waals surface area contributed by atoms with E-state index in [2.05, 4.69) is 112 Å². The van der Waals surface area contributed by atoms with Gasteiger partial charge in [-0.25, -0.2) is 0 Å². The summed E-state index contributed by atoms with van der Waals surface area (Å²) in [5.41, 5.74) is 9.44. The molecule has 460 valence electrons. The van der Waals surface area contributed by atoms with Gasteiger partial charge < -0.3 is 54.4 Å². The van der Waals surface area contributed by atoms with Crippen LogP contribution in [0.15, 0.2) is 175 Å². The van der Waals surface area contributed by atoms with Crippen molar-refractivity contribution in [1.29, 1.82) is 0 Å². The number of ether oxygens (including phenoxy) is 3. The van der Waals surface area contributed by atoms with Crippen LogP contribution in [0.2, 0.25) is 0 Å². The third-order valence-electron chi connectivity index (χ3n) is 19.7. The van der Waals surface area contributed by atoms with Crippen LogP contribution in [0, 0.1) is 23.2 Å². The third kappa shape index (κ3) is 11.2. The molecule has 5 aromatic carbocycles. The van der Waals surface area contributed by atoms with E-state index in [0.717, 1.165) is 79.8 Å². The van der Waals surface area contributed by atoms with E-state index in [0.29, 0.717) is 50.8 Å². The number of H-pyrrole nitrogens is 1. The molecule has 0 radical (unpaired) electrons. The van der Waals surface area contributed by atoms with Crippen LogP contribution in [0.5, 0.6) is 34.5 Å². The number of phenolic OH excluding ortho intramolecular Hbond substituents is 3. The zero-order valence-electron chi connectivity index (χ0n) is 51.2. The summed E-state index contributed by atoms with van der Waals surface area (Å²) in [7, 11) is 1.49. The molecule has 2 aliphatic heterocycles. The average molecular weight is 1210 g/mol. The number of carbonyl (C=O) groups is 3. The standard InChI is InChI=1S/C76H76N4O10/c1-5-59(47-13-7-6-8-14-47)50-34-55(84)40-58(35-50)90-75-70(87)36-51(37-71(75)88-4)68-41-56(85)39-57(89-46(3)82)27-30-76-52-16-10-17-53(76)19-12-22-65(76)63-43-77-42-62(63)60(21-11-18-52)73(48-15-9-20-54(83)33-48)49-28-31-78-72(38-49)79(32-29-45(2)81)66-24-23-61-69(86)26-25-67-74(61)64(66)44-80(67)68/h6-10,12-17,20,22-24,28,33-38,40,42-44,53,57,59-60,65,68-69,73,77-78,83-84,86-87H,5,18-19,25-27,29-32,39,41H2,1-4H3/t53-,57-,59-,60-,65-,68-,69+,73-,76-/m1/s1. The second kappa shape index (κ2) is 24.8.